The van der Waals surface area contributed by atoms with Crippen LogP contribution in [0.3, 0.4) is 0 Å². The molecule has 2 fully saturated rings. The van der Waals surface area contributed by atoms with Crippen molar-refractivity contribution in [1.29, 1.82) is 0 Å². The molecule has 1 amide bonds. The Labute approximate surface area is 165 Å². The van der Waals surface area contributed by atoms with Gasteiger partial charge in [0.15, 0.2) is 0 Å². The van der Waals surface area contributed by atoms with Crippen molar-refractivity contribution in [3.05, 3.63) is 47.3 Å². The average molecular weight is 401 g/mol. The molecule has 2 aliphatic heterocycles. The maximum absolute atomic E-state index is 13.6. The molecule has 3 atom stereocenters. The van der Waals surface area contributed by atoms with Crippen molar-refractivity contribution in [1.82, 2.24) is 19.0 Å². The quantitative estimate of drug-likeness (QED) is 0.738. The third-order valence-electron chi connectivity index (χ3n) is 6.20. The van der Waals surface area contributed by atoms with Crippen LogP contribution in [-0.2, 0) is 14.6 Å². The van der Waals surface area contributed by atoms with Gasteiger partial charge >= 0.3 is 0 Å². The zero-order valence-electron chi connectivity index (χ0n) is 16.1. The average Bonchev–Trinajstić information content (AvgIpc) is 3.13. The molecule has 1 aromatic carbocycles. The highest BCUT2D eigenvalue weighted by Gasteiger charge is 2.52. The SMILES string of the molecule is Cc1nn(-c2ccccc2)c2c1C(C1CC1)N(C1CCN([S+](C)(=O)[O-])C1)C2=O. The minimum Gasteiger partial charge on any atom is -0.598 e. The molecule has 1 saturated carbocycles. The molecule has 1 aromatic heterocycles. The number of sulfonamides is 1. The smallest absolute Gasteiger partial charge is 0.273 e. The van der Waals surface area contributed by atoms with Gasteiger partial charge in [0.05, 0.1) is 30.0 Å². The van der Waals surface area contributed by atoms with Crippen LogP contribution in [0.1, 0.15) is 47.1 Å². The zero-order valence-corrected chi connectivity index (χ0v) is 16.9. The lowest BCUT2D eigenvalue weighted by molar-refractivity contribution is 0.0604. The number of hydrogen-bond donors (Lipinski definition) is 0. The second-order valence-electron chi connectivity index (χ2n) is 8.15. The van der Waals surface area contributed by atoms with Gasteiger partial charge in [-0.2, -0.15) is 5.10 Å². The summed E-state index contributed by atoms with van der Waals surface area (Å²) in [5.41, 5.74) is 3.46. The number of carbonyl (C=O) groups is 1. The van der Waals surface area contributed by atoms with E-state index < -0.39 is 10.4 Å². The number of para-hydroxylation sites is 1. The normalized spacial score (nSPS) is 27.2. The van der Waals surface area contributed by atoms with Crippen molar-refractivity contribution in [3.8, 4) is 5.69 Å². The Kier molecular flexibility index (Phi) is 4.01. The van der Waals surface area contributed by atoms with Gasteiger partial charge < -0.3 is 9.45 Å². The van der Waals surface area contributed by atoms with E-state index in [1.807, 2.05) is 42.2 Å². The number of aryl methyl sites for hydroxylation is 1. The Hall–Kier alpha value is -2.03. The van der Waals surface area contributed by atoms with Crippen LogP contribution in [0.25, 0.3) is 5.69 Å². The van der Waals surface area contributed by atoms with E-state index in [0.29, 0.717) is 31.1 Å². The Bertz CT molecular complexity index is 979. The minimum atomic E-state index is -3.24. The van der Waals surface area contributed by atoms with Crippen molar-refractivity contribution in [2.45, 2.75) is 38.3 Å². The summed E-state index contributed by atoms with van der Waals surface area (Å²) >= 11 is 0. The summed E-state index contributed by atoms with van der Waals surface area (Å²) in [7, 11) is -3.24. The summed E-state index contributed by atoms with van der Waals surface area (Å²) in [4.78, 5) is 15.6. The topological polar surface area (TPSA) is 81.5 Å². The Morgan fingerprint density at radius 1 is 1.18 bits per heavy atom. The maximum Gasteiger partial charge on any atom is 0.273 e. The third-order valence-corrected chi connectivity index (χ3v) is 7.47. The largest absolute Gasteiger partial charge is 0.598 e. The second-order valence-corrected chi connectivity index (χ2v) is 10.1. The van der Waals surface area contributed by atoms with Gasteiger partial charge in [-0.15, -0.1) is 4.31 Å². The van der Waals surface area contributed by atoms with Crippen molar-refractivity contribution >= 4 is 16.3 Å². The molecule has 148 valence electrons. The van der Waals surface area contributed by atoms with Gasteiger partial charge in [-0.25, -0.2) is 4.68 Å². The fraction of sp³-hybridized carbons (Fsp3) is 0.500. The van der Waals surface area contributed by atoms with E-state index in [9.17, 15) is 13.6 Å². The molecule has 5 rings (SSSR count). The van der Waals surface area contributed by atoms with Crippen LogP contribution in [-0.4, -0.2) is 54.8 Å². The predicted octanol–water partition coefficient (Wildman–Crippen LogP) is 2.34. The van der Waals surface area contributed by atoms with E-state index in [0.717, 1.165) is 29.8 Å². The molecule has 7 nitrogen and oxygen atoms in total. The first-order valence-corrected chi connectivity index (χ1v) is 11.6. The number of rotatable bonds is 4. The summed E-state index contributed by atoms with van der Waals surface area (Å²) < 4.78 is 27.2. The molecular weight excluding hydrogens is 376 g/mol. The Morgan fingerprint density at radius 3 is 2.50 bits per heavy atom. The Balaban J connectivity index is 1.56. The van der Waals surface area contributed by atoms with Crippen LogP contribution >= 0.6 is 0 Å². The number of aromatic nitrogens is 2. The van der Waals surface area contributed by atoms with Gasteiger partial charge in [0.2, 0.25) is 0 Å². The maximum atomic E-state index is 13.6. The minimum absolute atomic E-state index is 0.0169. The third kappa shape index (κ3) is 2.74. The van der Waals surface area contributed by atoms with Crippen molar-refractivity contribution < 1.29 is 13.6 Å². The first-order valence-electron chi connectivity index (χ1n) is 9.79. The lowest BCUT2D eigenvalue weighted by atomic mass is 10.0. The van der Waals surface area contributed by atoms with Gasteiger partial charge in [-0.1, -0.05) is 22.4 Å². The molecule has 3 aliphatic rings. The summed E-state index contributed by atoms with van der Waals surface area (Å²) in [5, 5.41) is 4.69. The molecule has 8 heteroatoms. The van der Waals surface area contributed by atoms with E-state index in [2.05, 4.69) is 0 Å². The molecular formula is C20H24N4O3S. The second kappa shape index (κ2) is 6.23. The van der Waals surface area contributed by atoms with Crippen molar-refractivity contribution in [3.63, 3.8) is 0 Å². The molecule has 0 bridgehead atoms. The molecule has 3 heterocycles. The number of carbonyl (C=O) groups excluding carboxylic acids is 1. The fourth-order valence-corrected chi connectivity index (χ4v) is 5.63. The molecule has 0 spiro atoms. The molecule has 28 heavy (non-hydrogen) atoms. The summed E-state index contributed by atoms with van der Waals surface area (Å²) in [6.07, 6.45) is 4.13. The van der Waals surface area contributed by atoms with Gasteiger partial charge in [0.25, 0.3) is 5.91 Å². The van der Waals surface area contributed by atoms with Crippen molar-refractivity contribution in [2.24, 2.45) is 5.92 Å². The molecule has 0 radical (unpaired) electrons. The lowest BCUT2D eigenvalue weighted by Crippen LogP contribution is -2.43. The predicted molar refractivity (Wildman–Crippen MR) is 105 cm³/mol. The Morgan fingerprint density at radius 2 is 1.89 bits per heavy atom. The van der Waals surface area contributed by atoms with Gasteiger partial charge in [0, 0.05) is 12.1 Å². The summed E-state index contributed by atoms with van der Waals surface area (Å²) in [5.74, 6) is 0.432. The summed E-state index contributed by atoms with van der Waals surface area (Å²) in [6, 6.07) is 9.67. The van der Waals surface area contributed by atoms with Gasteiger partial charge in [0.1, 0.15) is 22.3 Å². The van der Waals surface area contributed by atoms with Gasteiger partial charge in [-0.3, -0.25) is 4.79 Å². The highest BCUT2D eigenvalue weighted by Crippen LogP contribution is 2.52. The van der Waals surface area contributed by atoms with Crippen LogP contribution in [0.4, 0.5) is 0 Å². The zero-order chi connectivity index (χ0) is 19.6. The summed E-state index contributed by atoms with van der Waals surface area (Å²) in [6.45, 7) is 2.84. The van der Waals surface area contributed by atoms with E-state index in [1.54, 1.807) is 4.68 Å². The van der Waals surface area contributed by atoms with Crippen LogP contribution < -0.4 is 0 Å². The van der Waals surface area contributed by atoms with Crippen LogP contribution in [0.5, 0.6) is 0 Å². The van der Waals surface area contributed by atoms with Crippen LogP contribution in [0.2, 0.25) is 0 Å². The molecule has 0 N–H and O–H groups in total. The van der Waals surface area contributed by atoms with E-state index in [1.165, 1.54) is 10.6 Å². The molecule has 2 aromatic rings. The number of benzene rings is 1. The number of hydrogen-bond acceptors (Lipinski definition) is 4. The number of nitrogens with zero attached hydrogens (tertiary/aromatic N) is 4. The molecule has 1 aliphatic carbocycles. The molecule has 3 unspecified atom stereocenters. The number of amides is 1. The number of fused-ring (bicyclic) bond motifs is 1. The van der Waals surface area contributed by atoms with E-state index in [4.69, 9.17) is 5.10 Å². The highest BCUT2D eigenvalue weighted by atomic mass is 32.3. The van der Waals surface area contributed by atoms with Crippen LogP contribution in [0.15, 0.2) is 30.3 Å². The fourth-order valence-electron chi connectivity index (χ4n) is 4.75. The first-order chi connectivity index (χ1) is 13.4. The lowest BCUT2D eigenvalue weighted by Gasteiger charge is -2.31. The first kappa shape index (κ1) is 18.0. The van der Waals surface area contributed by atoms with Crippen molar-refractivity contribution in [2.75, 3.05) is 19.3 Å². The van der Waals surface area contributed by atoms with Gasteiger partial charge in [-0.05, 0) is 44.2 Å². The van der Waals surface area contributed by atoms with Crippen LogP contribution in [0, 0.1) is 12.8 Å². The monoisotopic (exact) mass is 400 g/mol. The highest BCUT2D eigenvalue weighted by molar-refractivity contribution is 7.94. The standard InChI is InChI=1S/C20H24N4O3S/c1-13-17-18(14-8-9-14)23(16-10-11-22(12-16)28(2,26)27)20(25)19(17)24(21-13)15-6-4-3-5-7-15/h3-7,14,16,18H,8-12H2,1-2H3. The van der Waals surface area contributed by atoms with E-state index in [-0.39, 0.29) is 18.0 Å². The van der Waals surface area contributed by atoms with E-state index >= 15 is 0 Å². The molecule has 1 saturated heterocycles.